The summed E-state index contributed by atoms with van der Waals surface area (Å²) >= 11 is 0. The molecule has 1 heterocycles. The molecule has 0 amide bonds. The summed E-state index contributed by atoms with van der Waals surface area (Å²) in [5.74, 6) is 0. The predicted molar refractivity (Wildman–Crippen MR) is 76.0 cm³/mol. The first-order chi connectivity index (χ1) is 8.58. The van der Waals surface area contributed by atoms with Crippen LogP contribution in [0.4, 0.5) is 0 Å². The van der Waals surface area contributed by atoms with Gasteiger partial charge in [0.05, 0.1) is 0 Å². The Morgan fingerprint density at radius 3 is 2.22 bits per heavy atom. The van der Waals surface area contributed by atoms with Gasteiger partial charge >= 0.3 is 0 Å². The standard InChI is InChI=1S/C16H25NO/c1-11-9-12(2)16(13(3)10-11)14(4)17-15-5-7-18-8-6-15/h9-10,14-15,17H,5-8H2,1-4H3. The molecule has 0 bridgehead atoms. The van der Waals surface area contributed by atoms with E-state index in [9.17, 15) is 0 Å². The Morgan fingerprint density at radius 1 is 1.11 bits per heavy atom. The highest BCUT2D eigenvalue weighted by Crippen LogP contribution is 2.24. The van der Waals surface area contributed by atoms with Crippen molar-refractivity contribution >= 4 is 0 Å². The minimum absolute atomic E-state index is 0.425. The van der Waals surface area contributed by atoms with Crippen molar-refractivity contribution in [3.05, 3.63) is 34.4 Å². The molecule has 18 heavy (non-hydrogen) atoms. The molecule has 1 aromatic rings. The molecule has 100 valence electrons. The van der Waals surface area contributed by atoms with Crippen molar-refractivity contribution in [3.8, 4) is 0 Å². The van der Waals surface area contributed by atoms with Gasteiger partial charge in [-0.3, -0.25) is 0 Å². The molecule has 0 spiro atoms. The minimum atomic E-state index is 0.425. The summed E-state index contributed by atoms with van der Waals surface area (Å²) in [5, 5.41) is 3.76. The topological polar surface area (TPSA) is 21.3 Å². The van der Waals surface area contributed by atoms with E-state index in [2.05, 4.69) is 45.1 Å². The second kappa shape index (κ2) is 5.85. The summed E-state index contributed by atoms with van der Waals surface area (Å²) in [6.07, 6.45) is 2.27. The van der Waals surface area contributed by atoms with Crippen LogP contribution >= 0.6 is 0 Å². The molecule has 0 aliphatic carbocycles. The highest BCUT2D eigenvalue weighted by molar-refractivity contribution is 5.39. The molecule has 1 fully saturated rings. The molecule has 1 aliphatic rings. The largest absolute Gasteiger partial charge is 0.381 e. The third-order valence-electron chi connectivity index (χ3n) is 3.88. The predicted octanol–water partition coefficient (Wildman–Crippen LogP) is 3.44. The molecule has 0 radical (unpaired) electrons. The van der Waals surface area contributed by atoms with Crippen LogP contribution in [-0.2, 0) is 4.74 Å². The fourth-order valence-electron chi connectivity index (χ4n) is 3.18. The molecule has 1 saturated heterocycles. The van der Waals surface area contributed by atoms with Crippen LogP contribution in [-0.4, -0.2) is 19.3 Å². The van der Waals surface area contributed by atoms with E-state index in [1.165, 1.54) is 22.3 Å². The molecule has 1 unspecified atom stereocenters. The molecule has 0 aromatic heterocycles. The summed E-state index contributed by atoms with van der Waals surface area (Å²) < 4.78 is 5.41. The summed E-state index contributed by atoms with van der Waals surface area (Å²) in [4.78, 5) is 0. The van der Waals surface area contributed by atoms with Crippen molar-refractivity contribution in [2.75, 3.05) is 13.2 Å². The molecular weight excluding hydrogens is 222 g/mol. The maximum absolute atomic E-state index is 5.41. The maximum Gasteiger partial charge on any atom is 0.0480 e. The van der Waals surface area contributed by atoms with Crippen LogP contribution in [0.5, 0.6) is 0 Å². The average molecular weight is 247 g/mol. The quantitative estimate of drug-likeness (QED) is 0.883. The van der Waals surface area contributed by atoms with Crippen LogP contribution < -0.4 is 5.32 Å². The molecule has 2 heteroatoms. The highest BCUT2D eigenvalue weighted by Gasteiger charge is 2.18. The molecule has 1 atom stereocenters. The minimum Gasteiger partial charge on any atom is -0.381 e. The van der Waals surface area contributed by atoms with E-state index in [0.29, 0.717) is 12.1 Å². The Bertz CT molecular complexity index is 385. The zero-order valence-electron chi connectivity index (χ0n) is 12.0. The van der Waals surface area contributed by atoms with Gasteiger partial charge in [0.25, 0.3) is 0 Å². The third kappa shape index (κ3) is 3.12. The SMILES string of the molecule is Cc1cc(C)c(C(C)NC2CCOCC2)c(C)c1. The first-order valence-electron chi connectivity index (χ1n) is 6.99. The summed E-state index contributed by atoms with van der Waals surface area (Å²) in [5.41, 5.74) is 5.62. The van der Waals surface area contributed by atoms with Crippen LogP contribution in [0.15, 0.2) is 12.1 Å². The number of hydrogen-bond acceptors (Lipinski definition) is 2. The third-order valence-corrected chi connectivity index (χ3v) is 3.88. The Labute approximate surface area is 111 Å². The van der Waals surface area contributed by atoms with Gasteiger partial charge in [0.2, 0.25) is 0 Å². The molecule has 1 N–H and O–H groups in total. The summed E-state index contributed by atoms with van der Waals surface area (Å²) in [6.45, 7) is 10.7. The van der Waals surface area contributed by atoms with Gasteiger partial charge in [-0.15, -0.1) is 0 Å². The molecule has 2 rings (SSSR count). The molecule has 2 nitrogen and oxygen atoms in total. The zero-order valence-corrected chi connectivity index (χ0v) is 12.0. The van der Waals surface area contributed by atoms with Crippen molar-refractivity contribution in [2.24, 2.45) is 0 Å². The zero-order chi connectivity index (χ0) is 13.1. The van der Waals surface area contributed by atoms with E-state index in [1.54, 1.807) is 0 Å². The second-order valence-corrected chi connectivity index (χ2v) is 5.59. The Kier molecular flexibility index (Phi) is 4.41. The summed E-state index contributed by atoms with van der Waals surface area (Å²) in [7, 11) is 0. The lowest BCUT2D eigenvalue weighted by Gasteiger charge is -2.28. The van der Waals surface area contributed by atoms with E-state index in [1.807, 2.05) is 0 Å². The number of rotatable bonds is 3. The Hall–Kier alpha value is -0.860. The average Bonchev–Trinajstić information content (AvgIpc) is 2.28. The number of ether oxygens (including phenoxy) is 1. The first kappa shape index (κ1) is 13.6. The molecule has 1 aliphatic heterocycles. The van der Waals surface area contributed by atoms with Crippen LogP contribution in [0.1, 0.15) is 48.1 Å². The van der Waals surface area contributed by atoms with E-state index >= 15 is 0 Å². The normalized spacial score (nSPS) is 18.9. The number of nitrogens with one attached hydrogen (secondary N) is 1. The van der Waals surface area contributed by atoms with Gasteiger partial charge in [-0.1, -0.05) is 17.7 Å². The van der Waals surface area contributed by atoms with Crippen molar-refractivity contribution in [1.82, 2.24) is 5.32 Å². The first-order valence-corrected chi connectivity index (χ1v) is 6.99. The molecular formula is C16H25NO. The van der Waals surface area contributed by atoms with Gasteiger partial charge in [-0.25, -0.2) is 0 Å². The van der Waals surface area contributed by atoms with Gasteiger partial charge in [0.1, 0.15) is 0 Å². The van der Waals surface area contributed by atoms with Crippen LogP contribution in [0.2, 0.25) is 0 Å². The number of aryl methyl sites for hydroxylation is 3. The van der Waals surface area contributed by atoms with Crippen LogP contribution in [0.25, 0.3) is 0 Å². The Morgan fingerprint density at radius 2 is 1.67 bits per heavy atom. The van der Waals surface area contributed by atoms with Gasteiger partial charge < -0.3 is 10.1 Å². The van der Waals surface area contributed by atoms with E-state index < -0.39 is 0 Å². The van der Waals surface area contributed by atoms with E-state index in [0.717, 1.165) is 26.1 Å². The lowest BCUT2D eigenvalue weighted by molar-refractivity contribution is 0.0754. The fourth-order valence-corrected chi connectivity index (χ4v) is 3.18. The van der Waals surface area contributed by atoms with Gasteiger partial charge in [0, 0.05) is 25.3 Å². The van der Waals surface area contributed by atoms with Crippen molar-refractivity contribution in [1.29, 1.82) is 0 Å². The number of benzene rings is 1. The lowest BCUT2D eigenvalue weighted by Crippen LogP contribution is -2.36. The Balaban J connectivity index is 2.10. The van der Waals surface area contributed by atoms with Crippen molar-refractivity contribution in [3.63, 3.8) is 0 Å². The fraction of sp³-hybridized carbons (Fsp3) is 0.625. The summed E-state index contributed by atoms with van der Waals surface area (Å²) in [6, 6.07) is 5.59. The highest BCUT2D eigenvalue weighted by atomic mass is 16.5. The van der Waals surface area contributed by atoms with Gasteiger partial charge in [-0.2, -0.15) is 0 Å². The molecule has 1 aromatic carbocycles. The van der Waals surface area contributed by atoms with Gasteiger partial charge in [-0.05, 0) is 57.2 Å². The van der Waals surface area contributed by atoms with E-state index in [-0.39, 0.29) is 0 Å². The van der Waals surface area contributed by atoms with Crippen molar-refractivity contribution < 1.29 is 4.74 Å². The molecule has 0 saturated carbocycles. The second-order valence-electron chi connectivity index (χ2n) is 5.59. The smallest absolute Gasteiger partial charge is 0.0480 e. The van der Waals surface area contributed by atoms with Crippen molar-refractivity contribution in [2.45, 2.75) is 52.6 Å². The van der Waals surface area contributed by atoms with Crippen LogP contribution in [0.3, 0.4) is 0 Å². The lowest BCUT2D eigenvalue weighted by atomic mass is 9.94. The maximum atomic E-state index is 5.41. The monoisotopic (exact) mass is 247 g/mol. The van der Waals surface area contributed by atoms with Crippen LogP contribution in [0, 0.1) is 20.8 Å². The van der Waals surface area contributed by atoms with Gasteiger partial charge in [0.15, 0.2) is 0 Å². The van der Waals surface area contributed by atoms with E-state index in [4.69, 9.17) is 4.74 Å². The number of hydrogen-bond donors (Lipinski definition) is 1.